The van der Waals surface area contributed by atoms with Gasteiger partial charge in [-0.25, -0.2) is 4.98 Å². The minimum absolute atomic E-state index is 0.0927. The van der Waals surface area contributed by atoms with E-state index in [1.165, 1.54) is 4.57 Å². The average molecular weight is 418 g/mol. The Bertz CT molecular complexity index is 1050. The number of thioether (sulfide) groups is 1. The molecule has 6 nitrogen and oxygen atoms in total. The number of amides is 1. The van der Waals surface area contributed by atoms with Crippen LogP contribution < -0.4 is 10.5 Å². The number of rotatable bonds is 6. The van der Waals surface area contributed by atoms with E-state index in [1.54, 1.807) is 37.1 Å². The van der Waals surface area contributed by atoms with E-state index in [4.69, 9.17) is 11.6 Å². The van der Waals surface area contributed by atoms with Crippen LogP contribution in [0.3, 0.4) is 0 Å². The SMILES string of the molecule is C[C@H](O)Cn1c(SCC(=O)N(C)c2ccccc2)nc2cc(Cl)ccc2c1=O. The van der Waals surface area contributed by atoms with Gasteiger partial charge in [0.1, 0.15) is 0 Å². The second-order valence-corrected chi connectivity index (χ2v) is 7.78. The van der Waals surface area contributed by atoms with Gasteiger partial charge in [-0.3, -0.25) is 14.2 Å². The largest absolute Gasteiger partial charge is 0.392 e. The van der Waals surface area contributed by atoms with Crippen LogP contribution >= 0.6 is 23.4 Å². The molecule has 1 atom stereocenters. The van der Waals surface area contributed by atoms with E-state index in [2.05, 4.69) is 4.98 Å². The predicted octanol–water partition coefficient (Wildman–Crippen LogP) is 3.19. The number of para-hydroxylation sites is 1. The second kappa shape index (κ2) is 8.77. The molecule has 0 radical (unpaired) electrons. The van der Waals surface area contributed by atoms with Crippen LogP contribution in [0.15, 0.2) is 58.5 Å². The average Bonchev–Trinajstić information content (AvgIpc) is 2.68. The summed E-state index contributed by atoms with van der Waals surface area (Å²) in [5, 5.41) is 11.1. The lowest BCUT2D eigenvalue weighted by Crippen LogP contribution is -2.30. The zero-order valence-electron chi connectivity index (χ0n) is 15.5. The van der Waals surface area contributed by atoms with Gasteiger partial charge in [-0.15, -0.1) is 0 Å². The summed E-state index contributed by atoms with van der Waals surface area (Å²) in [4.78, 5) is 31.5. The zero-order valence-corrected chi connectivity index (χ0v) is 17.1. The molecule has 1 amide bonds. The van der Waals surface area contributed by atoms with Gasteiger partial charge in [0.15, 0.2) is 5.16 Å². The van der Waals surface area contributed by atoms with Gasteiger partial charge in [0, 0.05) is 17.8 Å². The van der Waals surface area contributed by atoms with Crippen molar-refractivity contribution < 1.29 is 9.90 Å². The molecule has 1 N–H and O–H groups in total. The molecule has 0 saturated heterocycles. The molecule has 1 heterocycles. The summed E-state index contributed by atoms with van der Waals surface area (Å²) < 4.78 is 1.40. The molecule has 8 heteroatoms. The lowest BCUT2D eigenvalue weighted by Gasteiger charge is -2.18. The molecule has 146 valence electrons. The first-order chi connectivity index (χ1) is 13.4. The highest BCUT2D eigenvalue weighted by molar-refractivity contribution is 7.99. The number of aromatic nitrogens is 2. The van der Waals surface area contributed by atoms with Gasteiger partial charge < -0.3 is 10.0 Å². The Morgan fingerprint density at radius 3 is 2.68 bits per heavy atom. The van der Waals surface area contributed by atoms with E-state index in [0.717, 1.165) is 17.4 Å². The van der Waals surface area contributed by atoms with Gasteiger partial charge in [0.2, 0.25) is 5.91 Å². The lowest BCUT2D eigenvalue weighted by atomic mass is 10.2. The molecule has 0 aliphatic rings. The molecule has 0 bridgehead atoms. The summed E-state index contributed by atoms with van der Waals surface area (Å²) in [6.07, 6.45) is -0.730. The van der Waals surface area contributed by atoms with E-state index in [1.807, 2.05) is 30.3 Å². The summed E-state index contributed by atoms with van der Waals surface area (Å²) in [5.74, 6) is -0.0239. The Hall–Kier alpha value is -2.35. The van der Waals surface area contributed by atoms with Crippen LogP contribution in [-0.4, -0.2) is 39.5 Å². The van der Waals surface area contributed by atoms with Crippen molar-refractivity contribution in [1.29, 1.82) is 0 Å². The molecule has 2 aromatic carbocycles. The number of anilines is 1. The minimum Gasteiger partial charge on any atom is -0.392 e. The van der Waals surface area contributed by atoms with Crippen LogP contribution in [-0.2, 0) is 11.3 Å². The number of halogens is 1. The van der Waals surface area contributed by atoms with Crippen molar-refractivity contribution in [3.05, 3.63) is 63.9 Å². The quantitative estimate of drug-likeness (QED) is 0.492. The fourth-order valence-corrected chi connectivity index (χ4v) is 3.82. The minimum atomic E-state index is -0.730. The van der Waals surface area contributed by atoms with Crippen molar-refractivity contribution in [1.82, 2.24) is 9.55 Å². The maximum atomic E-state index is 12.9. The van der Waals surface area contributed by atoms with Gasteiger partial charge in [-0.1, -0.05) is 41.6 Å². The summed E-state index contributed by atoms with van der Waals surface area (Å²) in [6, 6.07) is 14.2. The first-order valence-electron chi connectivity index (χ1n) is 8.69. The van der Waals surface area contributed by atoms with Gasteiger partial charge in [0.25, 0.3) is 5.56 Å². The lowest BCUT2D eigenvalue weighted by molar-refractivity contribution is -0.115. The Morgan fingerprint density at radius 2 is 2.00 bits per heavy atom. The highest BCUT2D eigenvalue weighted by atomic mass is 35.5. The maximum absolute atomic E-state index is 12.9. The summed E-state index contributed by atoms with van der Waals surface area (Å²) >= 11 is 7.19. The third-order valence-electron chi connectivity index (χ3n) is 4.17. The van der Waals surface area contributed by atoms with Crippen molar-refractivity contribution in [2.75, 3.05) is 17.7 Å². The van der Waals surface area contributed by atoms with E-state index >= 15 is 0 Å². The van der Waals surface area contributed by atoms with Crippen LogP contribution in [0.2, 0.25) is 5.02 Å². The smallest absolute Gasteiger partial charge is 0.262 e. The van der Waals surface area contributed by atoms with Crippen LogP contribution in [0.1, 0.15) is 6.92 Å². The molecular weight excluding hydrogens is 398 g/mol. The highest BCUT2D eigenvalue weighted by Crippen LogP contribution is 2.22. The molecule has 3 aromatic rings. The van der Waals surface area contributed by atoms with Gasteiger partial charge in [-0.2, -0.15) is 0 Å². The number of carbonyl (C=O) groups is 1. The van der Waals surface area contributed by atoms with E-state index in [0.29, 0.717) is 21.1 Å². The fourth-order valence-electron chi connectivity index (χ4n) is 2.73. The van der Waals surface area contributed by atoms with Crippen LogP contribution in [0.5, 0.6) is 0 Å². The fraction of sp³-hybridized carbons (Fsp3) is 0.250. The van der Waals surface area contributed by atoms with Crippen LogP contribution in [0, 0.1) is 0 Å². The maximum Gasteiger partial charge on any atom is 0.262 e. The molecule has 1 aromatic heterocycles. The zero-order chi connectivity index (χ0) is 20.3. The molecular formula is C20H20ClN3O3S. The highest BCUT2D eigenvalue weighted by Gasteiger charge is 2.17. The Labute approximate surface area is 171 Å². The Kier molecular flexibility index (Phi) is 6.39. The molecule has 0 unspecified atom stereocenters. The van der Waals surface area contributed by atoms with Crippen molar-refractivity contribution in [3.8, 4) is 0 Å². The van der Waals surface area contributed by atoms with E-state index in [9.17, 15) is 14.7 Å². The van der Waals surface area contributed by atoms with Crippen LogP contribution in [0.25, 0.3) is 10.9 Å². The third kappa shape index (κ3) is 4.55. The number of hydrogen-bond donors (Lipinski definition) is 1. The molecule has 0 aliphatic carbocycles. The Balaban J connectivity index is 1.90. The van der Waals surface area contributed by atoms with Crippen molar-refractivity contribution in [3.63, 3.8) is 0 Å². The number of aliphatic hydroxyl groups is 1. The van der Waals surface area contributed by atoms with Crippen molar-refractivity contribution in [2.24, 2.45) is 0 Å². The summed E-state index contributed by atoms with van der Waals surface area (Å²) in [6.45, 7) is 1.69. The van der Waals surface area contributed by atoms with Crippen LogP contribution in [0.4, 0.5) is 5.69 Å². The predicted molar refractivity (Wildman–Crippen MR) is 113 cm³/mol. The number of aliphatic hydroxyl groups excluding tert-OH is 1. The number of hydrogen-bond acceptors (Lipinski definition) is 5. The molecule has 0 aliphatic heterocycles. The number of nitrogens with zero attached hydrogens (tertiary/aromatic N) is 3. The van der Waals surface area contributed by atoms with Gasteiger partial charge >= 0.3 is 0 Å². The first kappa shape index (κ1) is 20.4. The number of fused-ring (bicyclic) bond motifs is 1. The number of carbonyl (C=O) groups excluding carboxylic acids is 1. The third-order valence-corrected chi connectivity index (χ3v) is 5.37. The molecule has 0 saturated carbocycles. The molecule has 0 fully saturated rings. The summed E-state index contributed by atoms with van der Waals surface area (Å²) in [5.41, 5.74) is 0.979. The first-order valence-corrected chi connectivity index (χ1v) is 10.1. The monoisotopic (exact) mass is 417 g/mol. The standard InChI is InChI=1S/C20H20ClN3O3S/c1-13(25)11-24-19(27)16-9-8-14(21)10-17(16)22-20(24)28-12-18(26)23(2)15-6-4-3-5-7-15/h3-10,13,25H,11-12H2,1-2H3/t13-/m0/s1. The normalized spacial score (nSPS) is 12.1. The topological polar surface area (TPSA) is 75.4 Å². The van der Waals surface area contributed by atoms with E-state index in [-0.39, 0.29) is 23.8 Å². The van der Waals surface area contributed by atoms with Gasteiger partial charge in [-0.05, 0) is 37.3 Å². The molecule has 3 rings (SSSR count). The second-order valence-electron chi connectivity index (χ2n) is 6.40. The Morgan fingerprint density at radius 1 is 1.29 bits per heavy atom. The van der Waals surface area contributed by atoms with E-state index < -0.39 is 6.10 Å². The molecule has 28 heavy (non-hydrogen) atoms. The molecule has 0 spiro atoms. The summed E-state index contributed by atoms with van der Waals surface area (Å²) in [7, 11) is 1.70. The van der Waals surface area contributed by atoms with Gasteiger partial charge in [0.05, 0.1) is 29.3 Å². The number of benzene rings is 2. The van der Waals surface area contributed by atoms with Crippen molar-refractivity contribution >= 4 is 45.9 Å². The van der Waals surface area contributed by atoms with Crippen molar-refractivity contribution in [2.45, 2.75) is 24.7 Å².